The van der Waals surface area contributed by atoms with Gasteiger partial charge >= 0.3 is 0 Å². The summed E-state index contributed by atoms with van der Waals surface area (Å²) in [5.41, 5.74) is 3.54. The van der Waals surface area contributed by atoms with Crippen molar-refractivity contribution < 1.29 is 0 Å². The van der Waals surface area contributed by atoms with Crippen molar-refractivity contribution >= 4 is 23.2 Å². The summed E-state index contributed by atoms with van der Waals surface area (Å²) in [4.78, 5) is 0. The number of aryl methyl sites for hydroxylation is 1. The number of hydrogen-bond donors (Lipinski definition) is 1. The molecule has 1 unspecified atom stereocenters. The molecule has 2 aromatic carbocycles. The molecule has 2 aromatic rings. The minimum absolute atomic E-state index is 0.203. The lowest BCUT2D eigenvalue weighted by atomic mass is 9.98. The average molecular weight is 294 g/mol. The van der Waals surface area contributed by atoms with Crippen molar-refractivity contribution in [2.24, 2.45) is 0 Å². The predicted octanol–water partition coefficient (Wildman–Crippen LogP) is 4.81. The van der Waals surface area contributed by atoms with Crippen LogP contribution in [0.15, 0.2) is 42.5 Å². The van der Waals surface area contributed by atoms with Gasteiger partial charge in [0.05, 0.1) is 0 Å². The van der Waals surface area contributed by atoms with E-state index in [9.17, 15) is 0 Å². The van der Waals surface area contributed by atoms with E-state index < -0.39 is 0 Å². The smallest absolute Gasteiger partial charge is 0.0456 e. The molecule has 19 heavy (non-hydrogen) atoms. The summed E-state index contributed by atoms with van der Waals surface area (Å²) in [6.45, 7) is 2.04. The van der Waals surface area contributed by atoms with Crippen molar-refractivity contribution in [2.45, 2.75) is 19.4 Å². The molecule has 0 bridgehead atoms. The highest BCUT2D eigenvalue weighted by molar-refractivity contribution is 6.31. The zero-order valence-corrected chi connectivity index (χ0v) is 12.6. The van der Waals surface area contributed by atoms with Gasteiger partial charge in [-0.1, -0.05) is 47.5 Å². The first-order chi connectivity index (χ1) is 9.10. The van der Waals surface area contributed by atoms with Crippen LogP contribution in [-0.2, 0) is 6.42 Å². The molecule has 0 heterocycles. The molecule has 0 saturated carbocycles. The fraction of sp³-hybridized carbons (Fsp3) is 0.250. The Morgan fingerprint density at radius 2 is 1.74 bits per heavy atom. The van der Waals surface area contributed by atoms with Crippen LogP contribution in [0.2, 0.25) is 10.0 Å². The van der Waals surface area contributed by atoms with Gasteiger partial charge in [-0.2, -0.15) is 0 Å². The molecular formula is C16H17Cl2N. The van der Waals surface area contributed by atoms with E-state index in [2.05, 4.69) is 29.6 Å². The van der Waals surface area contributed by atoms with Gasteiger partial charge in [-0.25, -0.2) is 0 Å². The lowest BCUT2D eigenvalue weighted by Crippen LogP contribution is -2.19. The van der Waals surface area contributed by atoms with Crippen molar-refractivity contribution in [2.75, 3.05) is 7.05 Å². The van der Waals surface area contributed by atoms with Crippen molar-refractivity contribution in [1.29, 1.82) is 0 Å². The zero-order chi connectivity index (χ0) is 13.8. The molecule has 0 aliphatic heterocycles. The normalized spacial score (nSPS) is 12.4. The summed E-state index contributed by atoms with van der Waals surface area (Å²) in [6.07, 6.45) is 0.885. The molecular weight excluding hydrogens is 277 g/mol. The third-order valence-electron chi connectivity index (χ3n) is 3.23. The quantitative estimate of drug-likeness (QED) is 0.853. The molecule has 1 atom stereocenters. The minimum atomic E-state index is 0.203. The van der Waals surface area contributed by atoms with Gasteiger partial charge in [0.2, 0.25) is 0 Å². The Morgan fingerprint density at radius 3 is 2.32 bits per heavy atom. The Hall–Kier alpha value is -1.02. The Kier molecular flexibility index (Phi) is 4.87. The second kappa shape index (κ2) is 6.42. The Balaban J connectivity index is 2.22. The molecule has 0 amide bonds. The van der Waals surface area contributed by atoms with E-state index in [1.165, 1.54) is 11.1 Å². The van der Waals surface area contributed by atoms with Gasteiger partial charge in [0.1, 0.15) is 0 Å². The third kappa shape index (κ3) is 3.73. The van der Waals surface area contributed by atoms with Gasteiger partial charge < -0.3 is 5.32 Å². The van der Waals surface area contributed by atoms with E-state index in [1.54, 1.807) is 0 Å². The van der Waals surface area contributed by atoms with Crippen molar-refractivity contribution in [3.63, 3.8) is 0 Å². The average Bonchev–Trinajstić information content (AvgIpc) is 2.39. The first kappa shape index (κ1) is 14.4. The van der Waals surface area contributed by atoms with Gasteiger partial charge in [0, 0.05) is 16.1 Å². The van der Waals surface area contributed by atoms with E-state index in [0.717, 1.165) is 22.0 Å². The molecule has 0 spiro atoms. The maximum atomic E-state index is 6.33. The SMILES string of the molecule is CNC(Cc1ccc(Cl)cc1)c1ccc(C)cc1Cl. The van der Waals surface area contributed by atoms with E-state index in [4.69, 9.17) is 23.2 Å². The number of rotatable bonds is 4. The van der Waals surface area contributed by atoms with Crippen molar-refractivity contribution in [3.8, 4) is 0 Å². The number of hydrogen-bond acceptors (Lipinski definition) is 1. The lowest BCUT2D eigenvalue weighted by molar-refractivity contribution is 0.592. The van der Waals surface area contributed by atoms with Crippen LogP contribution in [0.25, 0.3) is 0 Å². The van der Waals surface area contributed by atoms with Gasteiger partial charge in [0.15, 0.2) is 0 Å². The molecule has 0 saturated heterocycles. The molecule has 1 nitrogen and oxygen atoms in total. The predicted molar refractivity (Wildman–Crippen MR) is 83.1 cm³/mol. The lowest BCUT2D eigenvalue weighted by Gasteiger charge is -2.18. The van der Waals surface area contributed by atoms with Crippen LogP contribution in [0, 0.1) is 6.92 Å². The molecule has 0 aliphatic rings. The topological polar surface area (TPSA) is 12.0 Å². The summed E-state index contributed by atoms with van der Waals surface area (Å²) in [7, 11) is 1.96. The van der Waals surface area contributed by atoms with Crippen LogP contribution in [0.1, 0.15) is 22.7 Å². The highest BCUT2D eigenvalue weighted by Gasteiger charge is 2.13. The molecule has 0 aromatic heterocycles. The Bertz CT molecular complexity index is 549. The van der Waals surface area contributed by atoms with Crippen LogP contribution < -0.4 is 5.32 Å². The third-order valence-corrected chi connectivity index (χ3v) is 3.81. The van der Waals surface area contributed by atoms with E-state index >= 15 is 0 Å². The fourth-order valence-electron chi connectivity index (χ4n) is 2.14. The summed E-state index contributed by atoms with van der Waals surface area (Å²) in [5.74, 6) is 0. The summed E-state index contributed by atoms with van der Waals surface area (Å²) < 4.78 is 0. The highest BCUT2D eigenvalue weighted by atomic mass is 35.5. The van der Waals surface area contributed by atoms with E-state index in [0.29, 0.717) is 0 Å². The fourth-order valence-corrected chi connectivity index (χ4v) is 2.63. The first-order valence-corrected chi connectivity index (χ1v) is 7.03. The molecule has 0 fully saturated rings. The maximum Gasteiger partial charge on any atom is 0.0456 e. The van der Waals surface area contributed by atoms with Crippen LogP contribution >= 0.6 is 23.2 Å². The van der Waals surface area contributed by atoms with Crippen molar-refractivity contribution in [3.05, 3.63) is 69.2 Å². The minimum Gasteiger partial charge on any atom is -0.313 e. The van der Waals surface area contributed by atoms with E-state index in [-0.39, 0.29) is 6.04 Å². The molecule has 0 aliphatic carbocycles. The summed E-state index contributed by atoms with van der Waals surface area (Å²) >= 11 is 12.2. The largest absolute Gasteiger partial charge is 0.313 e. The number of halogens is 2. The maximum absolute atomic E-state index is 6.33. The molecule has 100 valence electrons. The molecule has 2 rings (SSSR count). The van der Waals surface area contributed by atoms with Crippen LogP contribution in [-0.4, -0.2) is 7.05 Å². The van der Waals surface area contributed by atoms with E-state index in [1.807, 2.05) is 32.2 Å². The van der Waals surface area contributed by atoms with Crippen LogP contribution in [0.3, 0.4) is 0 Å². The summed E-state index contributed by atoms with van der Waals surface area (Å²) in [6, 6.07) is 14.3. The Morgan fingerprint density at radius 1 is 1.05 bits per heavy atom. The number of likely N-dealkylation sites (N-methyl/N-ethyl adjacent to an activating group) is 1. The van der Waals surface area contributed by atoms with Gasteiger partial charge in [-0.3, -0.25) is 0 Å². The molecule has 1 N–H and O–H groups in total. The second-order valence-electron chi connectivity index (χ2n) is 4.70. The highest BCUT2D eigenvalue weighted by Crippen LogP contribution is 2.27. The monoisotopic (exact) mass is 293 g/mol. The standard InChI is InChI=1S/C16H17Cl2N/c1-11-3-8-14(15(18)9-11)16(19-2)10-12-4-6-13(17)7-5-12/h3-9,16,19H,10H2,1-2H3. The van der Waals surface area contributed by atoms with Gasteiger partial charge in [-0.15, -0.1) is 0 Å². The summed E-state index contributed by atoms with van der Waals surface area (Å²) in [5, 5.41) is 4.90. The Labute approximate surface area is 124 Å². The first-order valence-electron chi connectivity index (χ1n) is 6.28. The van der Waals surface area contributed by atoms with Crippen LogP contribution in [0.4, 0.5) is 0 Å². The van der Waals surface area contributed by atoms with Gasteiger partial charge in [0.25, 0.3) is 0 Å². The van der Waals surface area contributed by atoms with Gasteiger partial charge in [-0.05, 0) is 55.3 Å². The number of benzene rings is 2. The number of nitrogens with one attached hydrogen (secondary N) is 1. The second-order valence-corrected chi connectivity index (χ2v) is 5.54. The molecule has 0 radical (unpaired) electrons. The van der Waals surface area contributed by atoms with Crippen LogP contribution in [0.5, 0.6) is 0 Å². The molecule has 3 heteroatoms. The zero-order valence-electron chi connectivity index (χ0n) is 11.1. The van der Waals surface area contributed by atoms with Crippen molar-refractivity contribution in [1.82, 2.24) is 5.32 Å².